The fourth-order valence-corrected chi connectivity index (χ4v) is 5.98. The van der Waals surface area contributed by atoms with E-state index in [-0.39, 0.29) is 11.9 Å². The average molecular weight is 581 g/mol. The van der Waals surface area contributed by atoms with Crippen LogP contribution in [-0.4, -0.2) is 30.9 Å². The molecule has 0 radical (unpaired) electrons. The number of carbonyl (C=O) groups excluding carboxylic acids is 1. The van der Waals surface area contributed by atoms with Crippen molar-refractivity contribution in [1.29, 1.82) is 0 Å². The standard InChI is InChI=1S/C29H23Cl2N3O2S2/c1-18(2)34-28(35)26(38-29(34)37)14-21-16-33(23-6-4-3-5-7-23)32-27(21)19-9-12-24(13-10-19)36-17-20-8-11-22(30)15-25(20)31/h3-16,18H,17H2,1-2H3/b26-14+. The van der Waals surface area contributed by atoms with Gasteiger partial charge >= 0.3 is 0 Å². The minimum absolute atomic E-state index is 0.00443. The van der Waals surface area contributed by atoms with Crippen molar-refractivity contribution in [2.24, 2.45) is 0 Å². The van der Waals surface area contributed by atoms with E-state index in [2.05, 4.69) is 0 Å². The van der Waals surface area contributed by atoms with Crippen molar-refractivity contribution in [1.82, 2.24) is 14.7 Å². The number of thiocarbonyl (C=S) groups is 1. The summed E-state index contributed by atoms with van der Waals surface area (Å²) < 4.78 is 8.33. The van der Waals surface area contributed by atoms with Crippen LogP contribution in [0.3, 0.4) is 0 Å². The van der Waals surface area contributed by atoms with E-state index >= 15 is 0 Å². The van der Waals surface area contributed by atoms with Crippen molar-refractivity contribution >= 4 is 63.5 Å². The Labute approximate surface area is 241 Å². The molecular weight excluding hydrogens is 557 g/mol. The number of carbonyl (C=O) groups is 1. The molecule has 0 bridgehead atoms. The van der Waals surface area contributed by atoms with Crippen LogP contribution in [0, 0.1) is 0 Å². The Morgan fingerprint density at radius 1 is 1.05 bits per heavy atom. The molecule has 1 saturated heterocycles. The Bertz CT molecular complexity index is 1530. The van der Waals surface area contributed by atoms with Gasteiger partial charge in [-0.2, -0.15) is 5.10 Å². The summed E-state index contributed by atoms with van der Waals surface area (Å²) >= 11 is 19.0. The highest BCUT2D eigenvalue weighted by Crippen LogP contribution is 2.36. The normalized spacial score (nSPS) is 14.7. The fraction of sp³-hybridized carbons (Fsp3) is 0.138. The number of ether oxygens (including phenoxy) is 1. The molecule has 1 fully saturated rings. The van der Waals surface area contributed by atoms with Gasteiger partial charge in [-0.1, -0.05) is 71.4 Å². The summed E-state index contributed by atoms with van der Waals surface area (Å²) in [5.41, 5.74) is 4.23. The van der Waals surface area contributed by atoms with E-state index in [0.29, 0.717) is 31.6 Å². The van der Waals surface area contributed by atoms with Crippen LogP contribution in [0.5, 0.6) is 5.75 Å². The first kappa shape index (κ1) is 26.5. The van der Waals surface area contributed by atoms with Gasteiger partial charge in [-0.05, 0) is 68.5 Å². The number of nitrogens with zero attached hydrogens (tertiary/aromatic N) is 3. The van der Waals surface area contributed by atoms with E-state index < -0.39 is 0 Å². The highest BCUT2D eigenvalue weighted by molar-refractivity contribution is 8.26. The first-order valence-corrected chi connectivity index (χ1v) is 13.9. The van der Waals surface area contributed by atoms with Crippen molar-refractivity contribution < 1.29 is 9.53 Å². The minimum atomic E-state index is -0.0852. The number of thioether (sulfide) groups is 1. The SMILES string of the molecule is CC(C)N1C(=O)/C(=C\c2cn(-c3ccccc3)nc2-c2ccc(OCc3ccc(Cl)cc3Cl)cc2)SC1=S. The minimum Gasteiger partial charge on any atom is -0.489 e. The molecule has 192 valence electrons. The molecule has 0 aliphatic carbocycles. The Morgan fingerprint density at radius 2 is 1.79 bits per heavy atom. The topological polar surface area (TPSA) is 47.4 Å². The number of aromatic nitrogens is 2. The number of hydrogen-bond acceptors (Lipinski definition) is 5. The number of benzene rings is 3. The second kappa shape index (κ2) is 11.3. The molecule has 1 aliphatic rings. The molecule has 0 saturated carbocycles. The average Bonchev–Trinajstić information content (AvgIpc) is 3.44. The third-order valence-corrected chi connectivity index (χ3v) is 7.84. The Morgan fingerprint density at radius 3 is 2.45 bits per heavy atom. The molecule has 1 amide bonds. The molecule has 9 heteroatoms. The predicted molar refractivity (Wildman–Crippen MR) is 160 cm³/mol. The molecule has 0 unspecified atom stereocenters. The second-order valence-corrected chi connectivity index (χ2v) is 11.4. The summed E-state index contributed by atoms with van der Waals surface area (Å²) in [6.45, 7) is 4.23. The molecule has 1 aromatic heterocycles. The number of hydrogen-bond donors (Lipinski definition) is 0. The zero-order chi connectivity index (χ0) is 26.8. The van der Waals surface area contributed by atoms with Crippen LogP contribution >= 0.6 is 47.2 Å². The van der Waals surface area contributed by atoms with Crippen LogP contribution in [0.1, 0.15) is 25.0 Å². The van der Waals surface area contributed by atoms with Crippen LogP contribution in [-0.2, 0) is 11.4 Å². The van der Waals surface area contributed by atoms with Gasteiger partial charge in [0.25, 0.3) is 5.91 Å². The van der Waals surface area contributed by atoms with Gasteiger partial charge in [0, 0.05) is 39.0 Å². The molecule has 38 heavy (non-hydrogen) atoms. The number of rotatable bonds is 7. The summed E-state index contributed by atoms with van der Waals surface area (Å²) in [7, 11) is 0. The van der Waals surface area contributed by atoms with E-state index in [1.165, 1.54) is 11.8 Å². The lowest BCUT2D eigenvalue weighted by Crippen LogP contribution is -2.34. The van der Waals surface area contributed by atoms with E-state index in [4.69, 9.17) is 45.3 Å². The van der Waals surface area contributed by atoms with Crippen LogP contribution in [0.15, 0.2) is 83.9 Å². The molecule has 1 aliphatic heterocycles. The maximum absolute atomic E-state index is 13.1. The molecule has 5 rings (SSSR count). The van der Waals surface area contributed by atoms with Crippen LogP contribution in [0.25, 0.3) is 23.0 Å². The summed E-state index contributed by atoms with van der Waals surface area (Å²) in [6.07, 6.45) is 3.80. The highest BCUT2D eigenvalue weighted by atomic mass is 35.5. The maximum atomic E-state index is 13.1. The van der Waals surface area contributed by atoms with Crippen LogP contribution < -0.4 is 4.74 Å². The lowest BCUT2D eigenvalue weighted by Gasteiger charge is -2.18. The third-order valence-electron chi connectivity index (χ3n) is 5.93. The van der Waals surface area contributed by atoms with E-state index in [0.717, 1.165) is 28.1 Å². The molecule has 0 N–H and O–H groups in total. The molecule has 4 aromatic rings. The van der Waals surface area contributed by atoms with Crippen molar-refractivity contribution in [2.75, 3.05) is 0 Å². The molecule has 0 atom stereocenters. The molecule has 5 nitrogen and oxygen atoms in total. The van der Waals surface area contributed by atoms with Gasteiger partial charge in [0.2, 0.25) is 0 Å². The van der Waals surface area contributed by atoms with Crippen molar-refractivity contribution in [2.45, 2.75) is 26.5 Å². The van der Waals surface area contributed by atoms with Gasteiger partial charge in [-0.3, -0.25) is 9.69 Å². The fourth-order valence-electron chi connectivity index (χ4n) is 4.01. The van der Waals surface area contributed by atoms with Gasteiger partial charge < -0.3 is 4.74 Å². The van der Waals surface area contributed by atoms with Gasteiger partial charge in [-0.15, -0.1) is 0 Å². The quantitative estimate of drug-likeness (QED) is 0.164. The van der Waals surface area contributed by atoms with Crippen molar-refractivity contribution in [3.05, 3.63) is 105 Å². The Kier molecular flexibility index (Phi) is 7.91. The maximum Gasteiger partial charge on any atom is 0.266 e. The van der Waals surface area contributed by atoms with Crippen molar-refractivity contribution in [3.63, 3.8) is 0 Å². The number of amides is 1. The highest BCUT2D eigenvalue weighted by Gasteiger charge is 2.34. The van der Waals surface area contributed by atoms with E-state index in [1.807, 2.05) is 91.5 Å². The summed E-state index contributed by atoms with van der Waals surface area (Å²) in [5, 5.41) is 6.01. The predicted octanol–water partition coefficient (Wildman–Crippen LogP) is 8.03. The zero-order valence-corrected chi connectivity index (χ0v) is 23.7. The smallest absolute Gasteiger partial charge is 0.266 e. The monoisotopic (exact) mass is 579 g/mol. The first-order valence-electron chi connectivity index (χ1n) is 11.9. The zero-order valence-electron chi connectivity index (χ0n) is 20.6. The summed E-state index contributed by atoms with van der Waals surface area (Å²) in [4.78, 5) is 15.3. The van der Waals surface area contributed by atoms with Gasteiger partial charge in [0.15, 0.2) is 0 Å². The Balaban J connectivity index is 1.45. The summed E-state index contributed by atoms with van der Waals surface area (Å²) in [6, 6.07) is 22.9. The molecular formula is C29H23Cl2N3O2S2. The van der Waals surface area contributed by atoms with Crippen molar-refractivity contribution in [3.8, 4) is 22.7 Å². The van der Waals surface area contributed by atoms with Crippen LogP contribution in [0.2, 0.25) is 10.0 Å². The second-order valence-electron chi connectivity index (χ2n) is 8.91. The third kappa shape index (κ3) is 5.66. The molecule has 2 heterocycles. The van der Waals surface area contributed by atoms with Gasteiger partial charge in [0.1, 0.15) is 16.7 Å². The molecule has 3 aromatic carbocycles. The number of para-hydroxylation sites is 1. The lowest BCUT2D eigenvalue weighted by molar-refractivity contribution is -0.123. The lowest BCUT2D eigenvalue weighted by atomic mass is 10.1. The first-order chi connectivity index (χ1) is 18.3. The van der Waals surface area contributed by atoms with Gasteiger partial charge in [0.05, 0.1) is 16.3 Å². The largest absolute Gasteiger partial charge is 0.489 e. The Hall–Kier alpha value is -3.10. The van der Waals surface area contributed by atoms with Gasteiger partial charge in [-0.25, -0.2) is 4.68 Å². The number of halogens is 2. The summed E-state index contributed by atoms with van der Waals surface area (Å²) in [5.74, 6) is 0.611. The molecule has 0 spiro atoms. The van der Waals surface area contributed by atoms with E-state index in [1.54, 1.807) is 17.0 Å². The van der Waals surface area contributed by atoms with E-state index in [9.17, 15) is 4.79 Å². The van der Waals surface area contributed by atoms with Crippen LogP contribution in [0.4, 0.5) is 0 Å².